The molecule has 2 N–H and O–H groups in total. The third-order valence-electron chi connectivity index (χ3n) is 2.65. The van der Waals surface area contributed by atoms with Crippen LogP contribution in [-0.2, 0) is 6.61 Å². The molecule has 0 saturated heterocycles. The van der Waals surface area contributed by atoms with E-state index in [2.05, 4.69) is 10.3 Å². The number of carbonyl (C=O) groups excluding carboxylic acids is 1. The summed E-state index contributed by atoms with van der Waals surface area (Å²) in [7, 11) is 0. The van der Waals surface area contributed by atoms with Gasteiger partial charge in [-0.1, -0.05) is 18.2 Å². The molecule has 19 heavy (non-hydrogen) atoms. The standard InChI is InChI=1S/C14H14N2O2S/c1-19-14-11(6-4-8-15-14)13(18)16-12-7-3-2-5-10(12)9-17/h2-8,17H,9H2,1H3,(H,16,18). The second-order valence-corrected chi connectivity index (χ2v) is 4.62. The van der Waals surface area contributed by atoms with Crippen LogP contribution in [0.15, 0.2) is 47.6 Å². The Morgan fingerprint density at radius 3 is 2.84 bits per heavy atom. The number of aliphatic hydroxyl groups is 1. The lowest BCUT2D eigenvalue weighted by molar-refractivity contribution is 0.102. The Labute approximate surface area is 115 Å². The molecule has 0 atom stereocenters. The highest BCUT2D eigenvalue weighted by Gasteiger charge is 2.12. The highest BCUT2D eigenvalue weighted by molar-refractivity contribution is 7.98. The Morgan fingerprint density at radius 1 is 1.32 bits per heavy atom. The molecule has 0 aliphatic heterocycles. The lowest BCUT2D eigenvalue weighted by Gasteiger charge is -2.10. The molecule has 98 valence electrons. The number of carbonyl (C=O) groups is 1. The molecule has 0 bridgehead atoms. The average Bonchev–Trinajstić information content (AvgIpc) is 2.47. The Kier molecular flexibility index (Phi) is 4.54. The quantitative estimate of drug-likeness (QED) is 0.841. The average molecular weight is 274 g/mol. The summed E-state index contributed by atoms with van der Waals surface area (Å²) in [5, 5.41) is 12.7. The summed E-state index contributed by atoms with van der Waals surface area (Å²) in [6.45, 7) is -0.112. The van der Waals surface area contributed by atoms with E-state index < -0.39 is 0 Å². The molecule has 0 aliphatic carbocycles. The zero-order valence-electron chi connectivity index (χ0n) is 10.5. The number of aromatic nitrogens is 1. The number of hydrogen-bond acceptors (Lipinski definition) is 4. The normalized spacial score (nSPS) is 10.2. The van der Waals surface area contributed by atoms with Gasteiger partial charge in [-0.2, -0.15) is 0 Å². The molecule has 2 rings (SSSR count). The van der Waals surface area contributed by atoms with E-state index in [-0.39, 0.29) is 12.5 Å². The largest absolute Gasteiger partial charge is 0.392 e. The van der Waals surface area contributed by atoms with Gasteiger partial charge in [-0.3, -0.25) is 4.79 Å². The molecule has 0 unspecified atom stereocenters. The maximum absolute atomic E-state index is 12.2. The minimum Gasteiger partial charge on any atom is -0.392 e. The maximum atomic E-state index is 12.2. The number of pyridine rings is 1. The fourth-order valence-corrected chi connectivity index (χ4v) is 2.24. The molecule has 2 aromatic rings. The van der Waals surface area contributed by atoms with Crippen molar-refractivity contribution in [3.8, 4) is 0 Å². The highest BCUT2D eigenvalue weighted by Crippen LogP contribution is 2.20. The van der Waals surface area contributed by atoms with Crippen molar-refractivity contribution in [1.82, 2.24) is 4.98 Å². The van der Waals surface area contributed by atoms with Gasteiger partial charge >= 0.3 is 0 Å². The van der Waals surface area contributed by atoms with Crippen molar-refractivity contribution in [3.63, 3.8) is 0 Å². The van der Waals surface area contributed by atoms with Crippen LogP contribution in [0.25, 0.3) is 0 Å². The van der Waals surface area contributed by atoms with Gasteiger partial charge in [0.2, 0.25) is 0 Å². The molecule has 1 heterocycles. The molecule has 4 nitrogen and oxygen atoms in total. The molecule has 0 fully saturated rings. The van der Waals surface area contributed by atoms with Crippen LogP contribution < -0.4 is 5.32 Å². The van der Waals surface area contributed by atoms with E-state index in [0.29, 0.717) is 21.8 Å². The first kappa shape index (κ1) is 13.6. The third kappa shape index (κ3) is 3.13. The van der Waals surface area contributed by atoms with Crippen LogP contribution in [0.3, 0.4) is 0 Å². The lowest BCUT2D eigenvalue weighted by atomic mass is 10.1. The molecule has 0 spiro atoms. The predicted molar refractivity (Wildman–Crippen MR) is 76.3 cm³/mol. The summed E-state index contributed by atoms with van der Waals surface area (Å²) in [5.41, 5.74) is 1.83. The molecular formula is C14H14N2O2S. The van der Waals surface area contributed by atoms with Crippen LogP contribution in [0.2, 0.25) is 0 Å². The number of anilines is 1. The number of para-hydroxylation sites is 1. The summed E-state index contributed by atoms with van der Waals surface area (Å²) >= 11 is 1.42. The van der Waals surface area contributed by atoms with E-state index in [1.54, 1.807) is 30.5 Å². The number of amides is 1. The van der Waals surface area contributed by atoms with Gasteiger partial charge in [-0.05, 0) is 24.5 Å². The zero-order valence-corrected chi connectivity index (χ0v) is 11.3. The highest BCUT2D eigenvalue weighted by atomic mass is 32.2. The molecule has 1 amide bonds. The fourth-order valence-electron chi connectivity index (χ4n) is 1.70. The first-order valence-electron chi connectivity index (χ1n) is 5.75. The number of nitrogens with one attached hydrogen (secondary N) is 1. The second-order valence-electron chi connectivity index (χ2n) is 3.83. The fraction of sp³-hybridized carbons (Fsp3) is 0.143. The molecule has 0 radical (unpaired) electrons. The molecule has 1 aromatic heterocycles. The van der Waals surface area contributed by atoms with Crippen molar-refractivity contribution < 1.29 is 9.90 Å². The Bertz CT molecular complexity index is 587. The summed E-state index contributed by atoms with van der Waals surface area (Å²) < 4.78 is 0. The van der Waals surface area contributed by atoms with Gasteiger partial charge in [0, 0.05) is 17.4 Å². The van der Waals surface area contributed by atoms with Crippen molar-refractivity contribution in [3.05, 3.63) is 53.7 Å². The van der Waals surface area contributed by atoms with Gasteiger partial charge < -0.3 is 10.4 Å². The van der Waals surface area contributed by atoms with Crippen molar-refractivity contribution in [1.29, 1.82) is 0 Å². The van der Waals surface area contributed by atoms with Gasteiger partial charge in [-0.25, -0.2) is 4.98 Å². The van der Waals surface area contributed by atoms with Crippen molar-refractivity contribution in [2.75, 3.05) is 11.6 Å². The van der Waals surface area contributed by atoms with Gasteiger partial charge in [-0.15, -0.1) is 11.8 Å². The smallest absolute Gasteiger partial charge is 0.258 e. The monoisotopic (exact) mass is 274 g/mol. The van der Waals surface area contributed by atoms with Crippen LogP contribution in [0, 0.1) is 0 Å². The first-order chi connectivity index (χ1) is 9.26. The minimum absolute atomic E-state index is 0.112. The number of hydrogen-bond donors (Lipinski definition) is 2. The van der Waals surface area contributed by atoms with Crippen LogP contribution in [-0.4, -0.2) is 22.3 Å². The molecule has 0 saturated carbocycles. The van der Waals surface area contributed by atoms with E-state index >= 15 is 0 Å². The minimum atomic E-state index is -0.224. The van der Waals surface area contributed by atoms with Crippen molar-refractivity contribution >= 4 is 23.4 Å². The van der Waals surface area contributed by atoms with E-state index in [4.69, 9.17) is 0 Å². The van der Waals surface area contributed by atoms with Crippen molar-refractivity contribution in [2.45, 2.75) is 11.6 Å². The number of nitrogens with zero attached hydrogens (tertiary/aromatic N) is 1. The molecular weight excluding hydrogens is 260 g/mol. The van der Waals surface area contributed by atoms with Crippen molar-refractivity contribution in [2.24, 2.45) is 0 Å². The van der Waals surface area contributed by atoms with Crippen LogP contribution in [0.5, 0.6) is 0 Å². The number of benzene rings is 1. The SMILES string of the molecule is CSc1ncccc1C(=O)Nc1ccccc1CO. The molecule has 1 aromatic carbocycles. The zero-order chi connectivity index (χ0) is 13.7. The summed E-state index contributed by atoms with van der Waals surface area (Å²) in [6, 6.07) is 10.6. The Hall–Kier alpha value is -1.85. The molecule has 5 heteroatoms. The number of thioether (sulfide) groups is 1. The maximum Gasteiger partial charge on any atom is 0.258 e. The third-order valence-corrected chi connectivity index (χ3v) is 3.36. The Balaban J connectivity index is 2.26. The van der Waals surface area contributed by atoms with Gasteiger partial charge in [0.25, 0.3) is 5.91 Å². The van der Waals surface area contributed by atoms with Gasteiger partial charge in [0.15, 0.2) is 0 Å². The van der Waals surface area contributed by atoms with Crippen LogP contribution in [0.1, 0.15) is 15.9 Å². The number of rotatable bonds is 4. The van der Waals surface area contributed by atoms with E-state index in [9.17, 15) is 9.90 Å². The second kappa shape index (κ2) is 6.36. The lowest BCUT2D eigenvalue weighted by Crippen LogP contribution is -2.14. The number of aliphatic hydroxyl groups excluding tert-OH is 1. The summed E-state index contributed by atoms with van der Waals surface area (Å²) in [5.74, 6) is -0.224. The summed E-state index contributed by atoms with van der Waals surface area (Å²) in [4.78, 5) is 16.4. The van der Waals surface area contributed by atoms with Crippen LogP contribution >= 0.6 is 11.8 Å². The first-order valence-corrected chi connectivity index (χ1v) is 6.98. The van der Waals surface area contributed by atoms with E-state index in [0.717, 1.165) is 0 Å². The van der Waals surface area contributed by atoms with E-state index in [1.165, 1.54) is 11.8 Å². The molecule has 0 aliphatic rings. The van der Waals surface area contributed by atoms with E-state index in [1.807, 2.05) is 18.4 Å². The topological polar surface area (TPSA) is 62.2 Å². The summed E-state index contributed by atoms with van der Waals surface area (Å²) in [6.07, 6.45) is 3.53. The predicted octanol–water partition coefficient (Wildman–Crippen LogP) is 2.55. The van der Waals surface area contributed by atoms with Crippen LogP contribution in [0.4, 0.5) is 5.69 Å². The van der Waals surface area contributed by atoms with Gasteiger partial charge in [0.1, 0.15) is 5.03 Å². The van der Waals surface area contributed by atoms with Gasteiger partial charge in [0.05, 0.1) is 12.2 Å². The Morgan fingerprint density at radius 2 is 2.11 bits per heavy atom.